The Labute approximate surface area is 266 Å². The molecule has 1 saturated heterocycles. The maximum Gasteiger partial charge on any atom is 0.416 e. The van der Waals surface area contributed by atoms with Crippen molar-refractivity contribution in [3.8, 4) is 0 Å². The molecular formula is C33H21F4N3O4S2. The first-order valence-corrected chi connectivity index (χ1v) is 15.7. The number of alkyl halides is 3. The highest BCUT2D eigenvalue weighted by Crippen LogP contribution is 2.54. The number of imide groups is 1. The van der Waals surface area contributed by atoms with Gasteiger partial charge in [-0.25, -0.2) is 9.29 Å². The number of nitrogens with one attached hydrogen (secondary N) is 1. The molecule has 232 valence electrons. The second kappa shape index (κ2) is 11.2. The van der Waals surface area contributed by atoms with Crippen LogP contribution < -0.4 is 15.1 Å². The lowest BCUT2D eigenvalue weighted by Gasteiger charge is -2.30. The smallest absolute Gasteiger partial charge is 0.325 e. The van der Waals surface area contributed by atoms with Crippen molar-refractivity contribution < 1.29 is 31.9 Å². The molecule has 7 nitrogen and oxygen atoms in total. The number of hydrogen-bond donors (Lipinski definition) is 1. The minimum absolute atomic E-state index is 0.229. The van der Waals surface area contributed by atoms with E-state index in [2.05, 4.69) is 5.32 Å². The second-order valence-corrected chi connectivity index (χ2v) is 13.0. The summed E-state index contributed by atoms with van der Waals surface area (Å²) in [6.07, 6.45) is -4.70. The van der Waals surface area contributed by atoms with E-state index in [1.807, 2.05) is 30.3 Å². The number of fused-ring (bicyclic) bond motifs is 3. The fourth-order valence-electron chi connectivity index (χ4n) is 5.97. The van der Waals surface area contributed by atoms with Crippen LogP contribution in [-0.2, 0) is 27.1 Å². The molecule has 0 spiro atoms. The van der Waals surface area contributed by atoms with Crippen molar-refractivity contribution >= 4 is 63.0 Å². The minimum atomic E-state index is -4.70. The van der Waals surface area contributed by atoms with Gasteiger partial charge in [-0.05, 0) is 58.8 Å². The van der Waals surface area contributed by atoms with Crippen LogP contribution in [0.5, 0.6) is 0 Å². The van der Waals surface area contributed by atoms with Crippen LogP contribution in [0, 0.1) is 11.7 Å². The highest BCUT2D eigenvalue weighted by Gasteiger charge is 2.57. The van der Waals surface area contributed by atoms with Crippen molar-refractivity contribution in [2.75, 3.05) is 10.2 Å². The zero-order valence-corrected chi connectivity index (χ0v) is 25.1. The van der Waals surface area contributed by atoms with Crippen LogP contribution in [0.3, 0.4) is 0 Å². The van der Waals surface area contributed by atoms with E-state index in [9.17, 15) is 36.7 Å². The van der Waals surface area contributed by atoms with Gasteiger partial charge in [0.25, 0.3) is 0 Å². The van der Waals surface area contributed by atoms with Crippen molar-refractivity contribution in [1.29, 1.82) is 0 Å². The maximum absolute atomic E-state index is 13.9. The van der Waals surface area contributed by atoms with E-state index in [1.54, 1.807) is 12.1 Å². The molecule has 2 aliphatic heterocycles. The van der Waals surface area contributed by atoms with Gasteiger partial charge < -0.3 is 5.32 Å². The Morgan fingerprint density at radius 3 is 2.33 bits per heavy atom. The number of carbonyl (C=O) groups excluding carboxylic acids is 3. The third-order valence-electron chi connectivity index (χ3n) is 8.05. The number of carbonyl (C=O) groups is 3. The Bertz CT molecular complexity index is 2110. The first-order valence-electron chi connectivity index (χ1n) is 14.0. The Balaban J connectivity index is 1.26. The molecule has 7 rings (SSSR count). The molecule has 3 amide bonds. The van der Waals surface area contributed by atoms with E-state index in [0.717, 1.165) is 57.0 Å². The van der Waals surface area contributed by atoms with Gasteiger partial charge in [0.15, 0.2) is 0 Å². The van der Waals surface area contributed by atoms with Crippen molar-refractivity contribution in [2.24, 2.45) is 5.92 Å². The van der Waals surface area contributed by atoms with Crippen molar-refractivity contribution in [3.63, 3.8) is 0 Å². The number of aromatic nitrogens is 1. The molecule has 2 aliphatic rings. The van der Waals surface area contributed by atoms with Gasteiger partial charge in [0.1, 0.15) is 17.6 Å². The van der Waals surface area contributed by atoms with Gasteiger partial charge in [-0.3, -0.25) is 23.7 Å². The Hall–Kier alpha value is -4.75. The molecule has 13 heteroatoms. The number of thioether (sulfide) groups is 1. The second-order valence-electron chi connectivity index (χ2n) is 10.9. The van der Waals surface area contributed by atoms with Crippen molar-refractivity contribution in [1.82, 2.24) is 4.57 Å². The first-order chi connectivity index (χ1) is 22.0. The molecule has 0 radical (unpaired) electrons. The standard InChI is InChI=1S/C33H21F4N3O4S2/c34-21-11-8-18(9-12-21)25-26-27(30(43)40(29(26)42)23-7-3-6-20(15-23)33(35,36)37)45-31-28(25)46-32(44)39(31)16-24(41)38-22-13-10-17-4-1-2-5-19(17)14-22/h1-15,25-27H,16H2,(H,38,41)/t25-,26?,27?/m1/s1. The highest BCUT2D eigenvalue weighted by atomic mass is 32.2. The fraction of sp³-hybridized carbons (Fsp3) is 0.152. The summed E-state index contributed by atoms with van der Waals surface area (Å²) in [5.41, 5.74) is -0.285. The maximum atomic E-state index is 13.9. The molecule has 0 aliphatic carbocycles. The largest absolute Gasteiger partial charge is 0.416 e. The van der Waals surface area contributed by atoms with Gasteiger partial charge in [0.05, 0.1) is 22.2 Å². The number of anilines is 2. The predicted octanol–water partition coefficient (Wildman–Crippen LogP) is 6.66. The number of rotatable bonds is 5. The molecule has 2 unspecified atom stereocenters. The average molecular weight is 664 g/mol. The van der Waals surface area contributed by atoms with Crippen LogP contribution in [-0.4, -0.2) is 27.5 Å². The molecule has 0 bridgehead atoms. The molecule has 0 saturated carbocycles. The van der Waals surface area contributed by atoms with Crippen molar-refractivity contribution in [3.05, 3.63) is 122 Å². The lowest BCUT2D eigenvalue weighted by Crippen LogP contribution is -2.33. The molecule has 3 heterocycles. The zero-order valence-electron chi connectivity index (χ0n) is 23.5. The average Bonchev–Trinajstić information content (AvgIpc) is 3.47. The lowest BCUT2D eigenvalue weighted by molar-refractivity contribution is -0.137. The summed E-state index contributed by atoms with van der Waals surface area (Å²) in [5.74, 6) is -4.51. The van der Waals surface area contributed by atoms with Crippen molar-refractivity contribution in [2.45, 2.75) is 28.9 Å². The Morgan fingerprint density at radius 1 is 0.848 bits per heavy atom. The first kappa shape index (κ1) is 29.9. The van der Waals surface area contributed by atoms with E-state index in [1.165, 1.54) is 34.9 Å². The minimum Gasteiger partial charge on any atom is -0.325 e. The SMILES string of the molecule is O=C(Cn1c2c(sc1=O)[C@H](c1ccc(F)cc1)C1C(=O)N(c3cccc(C(F)(F)F)c3)C(=O)C1S2)Nc1ccc2ccccc2c1. The van der Waals surface area contributed by atoms with Gasteiger partial charge in [0.2, 0.25) is 17.7 Å². The van der Waals surface area contributed by atoms with Gasteiger partial charge in [-0.1, -0.05) is 71.6 Å². The van der Waals surface area contributed by atoms with Crippen LogP contribution in [0.4, 0.5) is 28.9 Å². The molecule has 3 atom stereocenters. The zero-order chi connectivity index (χ0) is 32.3. The summed E-state index contributed by atoms with van der Waals surface area (Å²) in [4.78, 5) is 55.0. The summed E-state index contributed by atoms with van der Waals surface area (Å²) < 4.78 is 55.7. The number of hydrogen-bond acceptors (Lipinski definition) is 6. The predicted molar refractivity (Wildman–Crippen MR) is 166 cm³/mol. The Morgan fingerprint density at radius 2 is 1.59 bits per heavy atom. The molecule has 1 aromatic heterocycles. The quantitative estimate of drug-likeness (QED) is 0.168. The molecule has 1 fully saturated rings. The summed E-state index contributed by atoms with van der Waals surface area (Å²) in [7, 11) is 0. The van der Waals surface area contributed by atoms with E-state index in [4.69, 9.17) is 0 Å². The molecule has 1 N–H and O–H groups in total. The van der Waals surface area contributed by atoms with Crippen LogP contribution in [0.15, 0.2) is 101 Å². The van der Waals surface area contributed by atoms with Gasteiger partial charge in [-0.2, -0.15) is 13.2 Å². The van der Waals surface area contributed by atoms with Gasteiger partial charge in [-0.15, -0.1) is 0 Å². The van der Waals surface area contributed by atoms with E-state index in [-0.39, 0.29) is 5.69 Å². The molecular weight excluding hydrogens is 643 g/mol. The normalized spacial score (nSPS) is 19.3. The fourth-order valence-corrected chi connectivity index (χ4v) is 8.74. The number of benzene rings is 4. The van der Waals surface area contributed by atoms with Crippen LogP contribution in [0.1, 0.15) is 21.9 Å². The third-order valence-corrected chi connectivity index (χ3v) is 10.6. The monoisotopic (exact) mass is 663 g/mol. The van der Waals surface area contributed by atoms with Crippen LogP contribution in [0.25, 0.3) is 10.8 Å². The van der Waals surface area contributed by atoms with E-state index >= 15 is 0 Å². The summed E-state index contributed by atoms with van der Waals surface area (Å²) in [5, 5.41) is 3.87. The molecule has 46 heavy (non-hydrogen) atoms. The van der Waals surface area contributed by atoms with Gasteiger partial charge >= 0.3 is 11.0 Å². The molecule has 5 aromatic rings. The third kappa shape index (κ3) is 5.18. The van der Waals surface area contributed by atoms with E-state index < -0.39 is 63.8 Å². The summed E-state index contributed by atoms with van der Waals surface area (Å²) in [6.45, 7) is -0.391. The number of amides is 3. The lowest BCUT2D eigenvalue weighted by atomic mass is 9.83. The van der Waals surface area contributed by atoms with Gasteiger partial charge in [0, 0.05) is 16.5 Å². The summed E-state index contributed by atoms with van der Waals surface area (Å²) >= 11 is 1.74. The van der Waals surface area contributed by atoms with Crippen LogP contribution >= 0.6 is 23.1 Å². The Kier molecular flexibility index (Phi) is 7.32. The number of halogens is 4. The molecule has 4 aromatic carbocycles. The topological polar surface area (TPSA) is 88.5 Å². The summed E-state index contributed by atoms with van der Waals surface area (Å²) in [6, 6.07) is 22.2. The number of thiazole rings is 1. The number of nitrogens with zero attached hydrogens (tertiary/aromatic N) is 2. The highest BCUT2D eigenvalue weighted by molar-refractivity contribution is 8.00. The van der Waals surface area contributed by atoms with Crippen LogP contribution in [0.2, 0.25) is 0 Å². The van der Waals surface area contributed by atoms with E-state index in [0.29, 0.717) is 21.2 Å².